The lowest BCUT2D eigenvalue weighted by Crippen LogP contribution is -2.19. The maximum atomic E-state index is 5.30. The zero-order valence-corrected chi connectivity index (χ0v) is 12.1. The van der Waals surface area contributed by atoms with Crippen LogP contribution in [0.1, 0.15) is 36.9 Å². The van der Waals surface area contributed by atoms with E-state index in [0.29, 0.717) is 12.1 Å². The molecule has 2 unspecified atom stereocenters. The zero-order valence-electron chi connectivity index (χ0n) is 12.1. The number of methoxy groups -OCH3 is 2. The number of hydrogen-bond acceptors (Lipinski definition) is 3. The van der Waals surface area contributed by atoms with Gasteiger partial charge in [-0.05, 0) is 57.0 Å². The van der Waals surface area contributed by atoms with Gasteiger partial charge in [-0.1, -0.05) is 6.07 Å². The first-order valence-electron chi connectivity index (χ1n) is 6.47. The number of hydrogen-bond donors (Lipinski definition) is 1. The van der Waals surface area contributed by atoms with Gasteiger partial charge in [0, 0.05) is 13.2 Å². The minimum absolute atomic E-state index is 0.305. The van der Waals surface area contributed by atoms with E-state index in [1.54, 1.807) is 14.2 Å². The zero-order chi connectivity index (χ0) is 13.5. The molecule has 2 atom stereocenters. The minimum atomic E-state index is 0.305. The van der Waals surface area contributed by atoms with Gasteiger partial charge in [0.25, 0.3) is 0 Å². The molecule has 0 aliphatic carbocycles. The predicted molar refractivity (Wildman–Crippen MR) is 75.2 cm³/mol. The molecule has 102 valence electrons. The quantitative estimate of drug-likeness (QED) is 0.808. The van der Waals surface area contributed by atoms with Crippen molar-refractivity contribution in [1.29, 1.82) is 0 Å². The molecule has 0 aromatic heterocycles. The lowest BCUT2D eigenvalue weighted by atomic mass is 9.96. The van der Waals surface area contributed by atoms with Gasteiger partial charge in [-0.3, -0.25) is 0 Å². The third-order valence-electron chi connectivity index (χ3n) is 3.47. The lowest BCUT2D eigenvalue weighted by Gasteiger charge is -2.21. The van der Waals surface area contributed by atoms with Crippen molar-refractivity contribution in [2.75, 3.05) is 21.3 Å². The molecule has 0 spiro atoms. The van der Waals surface area contributed by atoms with Gasteiger partial charge < -0.3 is 14.8 Å². The minimum Gasteiger partial charge on any atom is -0.497 e. The molecular formula is C15H25NO2. The second-order valence-corrected chi connectivity index (χ2v) is 4.69. The summed E-state index contributed by atoms with van der Waals surface area (Å²) in [4.78, 5) is 0. The Kier molecular flexibility index (Phi) is 6.16. The standard InChI is InChI=1S/C15H25NO2/c1-11-10-13(18-5)7-8-14(11)15(16-3)9-6-12(2)17-4/h7-8,10,12,15-16H,6,9H2,1-5H3. The number of ether oxygens (including phenoxy) is 2. The van der Waals surface area contributed by atoms with E-state index in [-0.39, 0.29) is 0 Å². The van der Waals surface area contributed by atoms with Crippen LogP contribution < -0.4 is 10.1 Å². The topological polar surface area (TPSA) is 30.5 Å². The van der Waals surface area contributed by atoms with Gasteiger partial charge in [-0.15, -0.1) is 0 Å². The number of rotatable bonds is 7. The fourth-order valence-corrected chi connectivity index (χ4v) is 2.14. The van der Waals surface area contributed by atoms with Crippen molar-refractivity contribution in [2.45, 2.75) is 38.8 Å². The van der Waals surface area contributed by atoms with E-state index >= 15 is 0 Å². The third-order valence-corrected chi connectivity index (χ3v) is 3.47. The summed E-state index contributed by atoms with van der Waals surface area (Å²) in [5.41, 5.74) is 2.60. The van der Waals surface area contributed by atoms with Crippen LogP contribution in [0.25, 0.3) is 0 Å². The van der Waals surface area contributed by atoms with E-state index in [9.17, 15) is 0 Å². The fourth-order valence-electron chi connectivity index (χ4n) is 2.14. The summed E-state index contributed by atoms with van der Waals surface area (Å²) >= 11 is 0. The normalized spacial score (nSPS) is 14.3. The maximum Gasteiger partial charge on any atom is 0.119 e. The van der Waals surface area contributed by atoms with E-state index in [4.69, 9.17) is 9.47 Å². The Morgan fingerprint density at radius 2 is 1.94 bits per heavy atom. The van der Waals surface area contributed by atoms with Crippen LogP contribution in [0.5, 0.6) is 5.75 Å². The first-order chi connectivity index (χ1) is 8.62. The van der Waals surface area contributed by atoms with Crippen LogP contribution in [0.4, 0.5) is 0 Å². The summed E-state index contributed by atoms with van der Waals surface area (Å²) in [6.07, 6.45) is 2.42. The van der Waals surface area contributed by atoms with Crippen molar-refractivity contribution < 1.29 is 9.47 Å². The van der Waals surface area contributed by atoms with E-state index in [0.717, 1.165) is 18.6 Å². The van der Waals surface area contributed by atoms with Gasteiger partial charge in [0.2, 0.25) is 0 Å². The Balaban J connectivity index is 2.75. The highest BCUT2D eigenvalue weighted by atomic mass is 16.5. The molecule has 1 aromatic carbocycles. The second kappa shape index (κ2) is 7.39. The van der Waals surface area contributed by atoms with Gasteiger partial charge in [0.1, 0.15) is 5.75 Å². The summed E-state index contributed by atoms with van der Waals surface area (Å²) < 4.78 is 10.5. The van der Waals surface area contributed by atoms with Crippen molar-refractivity contribution in [3.63, 3.8) is 0 Å². The molecule has 0 saturated carbocycles. The highest BCUT2D eigenvalue weighted by Crippen LogP contribution is 2.26. The number of nitrogens with one attached hydrogen (secondary N) is 1. The van der Waals surface area contributed by atoms with Crippen LogP contribution >= 0.6 is 0 Å². The average molecular weight is 251 g/mol. The summed E-state index contributed by atoms with van der Waals surface area (Å²) in [5, 5.41) is 3.38. The van der Waals surface area contributed by atoms with Crippen molar-refractivity contribution >= 4 is 0 Å². The van der Waals surface area contributed by atoms with Gasteiger partial charge in [0.05, 0.1) is 13.2 Å². The van der Waals surface area contributed by atoms with E-state index in [1.807, 2.05) is 13.1 Å². The Bertz CT molecular complexity index is 366. The van der Waals surface area contributed by atoms with Crippen LogP contribution in [0.15, 0.2) is 18.2 Å². The van der Waals surface area contributed by atoms with Crippen molar-refractivity contribution in [1.82, 2.24) is 5.32 Å². The fraction of sp³-hybridized carbons (Fsp3) is 0.600. The first-order valence-corrected chi connectivity index (χ1v) is 6.47. The van der Waals surface area contributed by atoms with Crippen molar-refractivity contribution in [2.24, 2.45) is 0 Å². The van der Waals surface area contributed by atoms with Crippen LogP contribution in [0, 0.1) is 6.92 Å². The van der Waals surface area contributed by atoms with Gasteiger partial charge >= 0.3 is 0 Å². The number of aryl methyl sites for hydroxylation is 1. The van der Waals surface area contributed by atoms with E-state index in [1.165, 1.54) is 11.1 Å². The summed E-state index contributed by atoms with van der Waals surface area (Å²) in [5.74, 6) is 0.913. The molecular weight excluding hydrogens is 226 g/mol. The molecule has 0 aliphatic heterocycles. The smallest absolute Gasteiger partial charge is 0.119 e. The Morgan fingerprint density at radius 1 is 1.22 bits per heavy atom. The number of benzene rings is 1. The molecule has 18 heavy (non-hydrogen) atoms. The van der Waals surface area contributed by atoms with Gasteiger partial charge in [0.15, 0.2) is 0 Å². The Hall–Kier alpha value is -1.06. The summed E-state index contributed by atoms with van der Waals surface area (Å²) in [6, 6.07) is 6.62. The summed E-state index contributed by atoms with van der Waals surface area (Å²) in [7, 11) is 5.47. The first kappa shape index (κ1) is 15.0. The average Bonchev–Trinajstić information content (AvgIpc) is 2.40. The van der Waals surface area contributed by atoms with Crippen LogP contribution in [0.3, 0.4) is 0 Å². The Labute approximate surface area is 110 Å². The van der Waals surface area contributed by atoms with E-state index in [2.05, 4.69) is 31.3 Å². The molecule has 0 saturated heterocycles. The van der Waals surface area contributed by atoms with Crippen LogP contribution in [-0.4, -0.2) is 27.4 Å². The molecule has 1 rings (SSSR count). The summed E-state index contributed by atoms with van der Waals surface area (Å²) in [6.45, 7) is 4.23. The second-order valence-electron chi connectivity index (χ2n) is 4.69. The van der Waals surface area contributed by atoms with Crippen molar-refractivity contribution in [3.8, 4) is 5.75 Å². The molecule has 0 aliphatic rings. The van der Waals surface area contributed by atoms with E-state index < -0.39 is 0 Å². The predicted octanol–water partition coefficient (Wildman–Crippen LogP) is 3.08. The largest absolute Gasteiger partial charge is 0.497 e. The molecule has 0 bridgehead atoms. The van der Waals surface area contributed by atoms with Gasteiger partial charge in [-0.25, -0.2) is 0 Å². The van der Waals surface area contributed by atoms with Crippen LogP contribution in [0.2, 0.25) is 0 Å². The molecule has 0 radical (unpaired) electrons. The molecule has 1 aromatic rings. The Morgan fingerprint density at radius 3 is 2.44 bits per heavy atom. The van der Waals surface area contributed by atoms with Gasteiger partial charge in [-0.2, -0.15) is 0 Å². The van der Waals surface area contributed by atoms with Crippen molar-refractivity contribution in [3.05, 3.63) is 29.3 Å². The third kappa shape index (κ3) is 4.00. The highest BCUT2D eigenvalue weighted by molar-refractivity contribution is 5.36. The molecule has 1 N–H and O–H groups in total. The highest BCUT2D eigenvalue weighted by Gasteiger charge is 2.13. The molecule has 0 amide bonds. The lowest BCUT2D eigenvalue weighted by molar-refractivity contribution is 0.106. The molecule has 0 fully saturated rings. The molecule has 3 heteroatoms. The van der Waals surface area contributed by atoms with Crippen LogP contribution in [-0.2, 0) is 4.74 Å². The maximum absolute atomic E-state index is 5.30. The SMILES string of the molecule is CNC(CCC(C)OC)c1ccc(OC)cc1C. The monoisotopic (exact) mass is 251 g/mol. The molecule has 3 nitrogen and oxygen atoms in total. The molecule has 0 heterocycles.